The Morgan fingerprint density at radius 2 is 1.95 bits per heavy atom. The third-order valence-corrected chi connectivity index (χ3v) is 3.46. The third-order valence-electron chi connectivity index (χ3n) is 3.46. The molecule has 1 aliphatic rings. The first-order chi connectivity index (χ1) is 9.56. The number of amides is 2. The quantitative estimate of drug-likeness (QED) is 0.584. The van der Waals surface area contributed by atoms with Gasteiger partial charge in [-0.1, -0.05) is 12.8 Å². The number of amidine groups is 1. The highest BCUT2D eigenvalue weighted by atomic mass is 19.1. The number of nitrogens with two attached hydrogens (primary N) is 1. The van der Waals surface area contributed by atoms with E-state index in [-0.39, 0.29) is 30.3 Å². The smallest absolute Gasteiger partial charge is 0.322 e. The average Bonchev–Trinajstić information content (AvgIpc) is 2.92. The van der Waals surface area contributed by atoms with Gasteiger partial charge in [-0.05, 0) is 37.1 Å². The fraction of sp³-hybridized carbons (Fsp3) is 0.429. The molecule has 2 rings (SSSR count). The molecule has 108 valence electrons. The van der Waals surface area contributed by atoms with Crippen molar-refractivity contribution in [1.82, 2.24) is 4.90 Å². The predicted molar refractivity (Wildman–Crippen MR) is 76.3 cm³/mol. The number of carbonyl (C=O) groups excluding carboxylic acids is 1. The standard InChI is InChI=1S/C14H19FN4O/c15-10-5-7-11(8-6-10)18-14(20)19(9-13(16)17)12-3-1-2-4-12/h5-8,12H,1-4,9H2,(H3,16,17)(H,18,20). The summed E-state index contributed by atoms with van der Waals surface area (Å²) >= 11 is 0. The Morgan fingerprint density at radius 3 is 2.50 bits per heavy atom. The Bertz CT molecular complexity index is 482. The summed E-state index contributed by atoms with van der Waals surface area (Å²) in [6, 6.07) is 5.43. The third kappa shape index (κ3) is 3.69. The van der Waals surface area contributed by atoms with Gasteiger partial charge in [0, 0.05) is 11.7 Å². The molecule has 1 aliphatic carbocycles. The summed E-state index contributed by atoms with van der Waals surface area (Å²) < 4.78 is 12.8. The molecule has 6 heteroatoms. The lowest BCUT2D eigenvalue weighted by atomic mass is 10.2. The molecule has 1 aromatic rings. The summed E-state index contributed by atoms with van der Waals surface area (Å²) in [7, 11) is 0. The maximum atomic E-state index is 12.8. The summed E-state index contributed by atoms with van der Waals surface area (Å²) in [5.74, 6) is -0.384. The van der Waals surface area contributed by atoms with E-state index < -0.39 is 0 Å². The number of nitrogens with one attached hydrogen (secondary N) is 2. The Labute approximate surface area is 117 Å². The van der Waals surface area contributed by atoms with Crippen molar-refractivity contribution in [2.75, 3.05) is 11.9 Å². The van der Waals surface area contributed by atoms with Gasteiger partial charge in [-0.15, -0.1) is 0 Å². The highest BCUT2D eigenvalue weighted by Gasteiger charge is 2.27. The van der Waals surface area contributed by atoms with Crippen LogP contribution in [-0.4, -0.2) is 29.4 Å². The summed E-state index contributed by atoms with van der Waals surface area (Å²) in [5.41, 5.74) is 5.95. The van der Waals surface area contributed by atoms with Gasteiger partial charge in [0.1, 0.15) is 11.7 Å². The van der Waals surface area contributed by atoms with Gasteiger partial charge in [0.2, 0.25) is 0 Å². The van der Waals surface area contributed by atoms with Gasteiger partial charge in [0.25, 0.3) is 0 Å². The molecule has 0 radical (unpaired) electrons. The number of halogens is 1. The Morgan fingerprint density at radius 1 is 1.35 bits per heavy atom. The van der Waals surface area contributed by atoms with Crippen molar-refractivity contribution in [3.8, 4) is 0 Å². The minimum Gasteiger partial charge on any atom is -0.386 e. The van der Waals surface area contributed by atoms with Crippen LogP contribution >= 0.6 is 0 Å². The number of hydrogen-bond acceptors (Lipinski definition) is 2. The van der Waals surface area contributed by atoms with Gasteiger partial charge in [-0.2, -0.15) is 0 Å². The predicted octanol–water partition coefficient (Wildman–Crippen LogP) is 2.54. The van der Waals surface area contributed by atoms with E-state index in [0.717, 1.165) is 25.7 Å². The topological polar surface area (TPSA) is 82.2 Å². The first-order valence-corrected chi connectivity index (χ1v) is 6.72. The van der Waals surface area contributed by atoms with Crippen LogP contribution in [0, 0.1) is 11.2 Å². The van der Waals surface area contributed by atoms with Crippen LogP contribution in [0.1, 0.15) is 25.7 Å². The van der Waals surface area contributed by atoms with Gasteiger partial charge < -0.3 is 16.0 Å². The lowest BCUT2D eigenvalue weighted by Gasteiger charge is -2.28. The molecule has 0 aliphatic heterocycles. The first-order valence-electron chi connectivity index (χ1n) is 6.72. The maximum Gasteiger partial charge on any atom is 0.322 e. The molecule has 4 N–H and O–H groups in total. The van der Waals surface area contributed by atoms with E-state index in [0.29, 0.717) is 5.69 Å². The van der Waals surface area contributed by atoms with Crippen LogP contribution in [0.4, 0.5) is 14.9 Å². The van der Waals surface area contributed by atoms with Gasteiger partial charge in [0.05, 0.1) is 6.54 Å². The highest BCUT2D eigenvalue weighted by molar-refractivity contribution is 5.92. The Hall–Kier alpha value is -2.11. The molecule has 1 saturated carbocycles. The maximum absolute atomic E-state index is 12.8. The van der Waals surface area contributed by atoms with Crippen molar-refractivity contribution in [2.24, 2.45) is 5.73 Å². The molecule has 20 heavy (non-hydrogen) atoms. The molecule has 0 bridgehead atoms. The van der Waals surface area contributed by atoms with Crippen LogP contribution in [0.2, 0.25) is 0 Å². The molecule has 0 heterocycles. The van der Waals surface area contributed by atoms with E-state index in [2.05, 4.69) is 5.32 Å². The summed E-state index contributed by atoms with van der Waals surface area (Å²) in [5, 5.41) is 10.1. The number of hydrogen-bond donors (Lipinski definition) is 3. The van der Waals surface area contributed by atoms with Crippen LogP contribution in [0.25, 0.3) is 0 Å². The minimum absolute atomic E-state index is 0.0360. The molecule has 1 aromatic carbocycles. The van der Waals surface area contributed by atoms with E-state index in [1.165, 1.54) is 24.3 Å². The zero-order valence-corrected chi connectivity index (χ0v) is 11.2. The zero-order valence-electron chi connectivity index (χ0n) is 11.2. The molecule has 0 aromatic heterocycles. The average molecular weight is 278 g/mol. The lowest BCUT2D eigenvalue weighted by molar-refractivity contribution is 0.198. The number of carbonyl (C=O) groups is 1. The number of nitrogens with zero attached hydrogens (tertiary/aromatic N) is 1. The van der Waals surface area contributed by atoms with Crippen molar-refractivity contribution in [3.05, 3.63) is 30.1 Å². The van der Waals surface area contributed by atoms with E-state index in [4.69, 9.17) is 11.1 Å². The number of urea groups is 1. The van der Waals surface area contributed by atoms with Gasteiger partial charge in [-0.3, -0.25) is 5.41 Å². The van der Waals surface area contributed by atoms with Gasteiger partial charge in [-0.25, -0.2) is 9.18 Å². The monoisotopic (exact) mass is 278 g/mol. The van der Waals surface area contributed by atoms with Crippen LogP contribution < -0.4 is 11.1 Å². The summed E-state index contributed by atoms with van der Waals surface area (Å²) in [4.78, 5) is 13.9. The molecule has 0 atom stereocenters. The molecule has 0 saturated heterocycles. The first kappa shape index (κ1) is 14.3. The molecule has 2 amide bonds. The summed E-state index contributed by atoms with van der Waals surface area (Å²) in [6.45, 7) is 0.123. The van der Waals surface area contributed by atoms with Crippen LogP contribution in [-0.2, 0) is 0 Å². The zero-order chi connectivity index (χ0) is 14.5. The molecular weight excluding hydrogens is 259 g/mol. The second kappa shape index (κ2) is 6.36. The minimum atomic E-state index is -0.348. The highest BCUT2D eigenvalue weighted by Crippen LogP contribution is 2.24. The van der Waals surface area contributed by atoms with E-state index in [9.17, 15) is 9.18 Å². The Balaban J connectivity index is 2.05. The van der Waals surface area contributed by atoms with Crippen LogP contribution in [0.3, 0.4) is 0 Å². The van der Waals surface area contributed by atoms with Crippen molar-refractivity contribution < 1.29 is 9.18 Å². The van der Waals surface area contributed by atoms with Crippen molar-refractivity contribution in [3.63, 3.8) is 0 Å². The van der Waals surface area contributed by atoms with Crippen molar-refractivity contribution in [1.29, 1.82) is 5.41 Å². The van der Waals surface area contributed by atoms with E-state index in [1.807, 2.05) is 0 Å². The normalized spacial score (nSPS) is 15.1. The molecule has 0 unspecified atom stereocenters. The van der Waals surface area contributed by atoms with Crippen molar-refractivity contribution >= 4 is 17.6 Å². The van der Waals surface area contributed by atoms with E-state index >= 15 is 0 Å². The fourth-order valence-electron chi connectivity index (χ4n) is 2.49. The van der Waals surface area contributed by atoms with Crippen molar-refractivity contribution in [2.45, 2.75) is 31.7 Å². The molecule has 5 nitrogen and oxygen atoms in total. The fourth-order valence-corrected chi connectivity index (χ4v) is 2.49. The molecular formula is C14H19FN4O. The van der Waals surface area contributed by atoms with E-state index in [1.54, 1.807) is 4.90 Å². The largest absolute Gasteiger partial charge is 0.386 e. The number of benzene rings is 1. The Kier molecular flexibility index (Phi) is 4.55. The second-order valence-electron chi connectivity index (χ2n) is 5.03. The molecule has 1 fully saturated rings. The van der Waals surface area contributed by atoms with Gasteiger partial charge in [0.15, 0.2) is 0 Å². The van der Waals surface area contributed by atoms with Gasteiger partial charge >= 0.3 is 6.03 Å². The summed E-state index contributed by atoms with van der Waals surface area (Å²) in [6.07, 6.45) is 4.04. The second-order valence-corrected chi connectivity index (χ2v) is 5.03. The SMILES string of the molecule is N=C(N)CN(C(=O)Nc1ccc(F)cc1)C1CCCC1. The molecule has 0 spiro atoms. The lowest BCUT2D eigenvalue weighted by Crippen LogP contribution is -2.46. The van der Waals surface area contributed by atoms with Crippen LogP contribution in [0.5, 0.6) is 0 Å². The number of rotatable bonds is 4. The van der Waals surface area contributed by atoms with Crippen LogP contribution in [0.15, 0.2) is 24.3 Å². The number of anilines is 1.